The van der Waals surface area contributed by atoms with Crippen LogP contribution in [-0.2, 0) is 28.0 Å². The molecule has 208 valence electrons. The topological polar surface area (TPSA) is 68.3 Å². The maximum absolute atomic E-state index is 13.5. The van der Waals surface area contributed by atoms with Gasteiger partial charge >= 0.3 is 6.09 Å². The van der Waals surface area contributed by atoms with Gasteiger partial charge in [-0.25, -0.2) is 4.79 Å². The van der Waals surface area contributed by atoms with Crippen LogP contribution < -0.4 is 14.4 Å². The molecule has 2 amide bonds. The first kappa shape index (κ1) is 26.0. The van der Waals surface area contributed by atoms with E-state index >= 15 is 0 Å². The third-order valence-electron chi connectivity index (χ3n) is 9.44. The predicted molar refractivity (Wildman–Crippen MR) is 149 cm³/mol. The minimum absolute atomic E-state index is 0.0139. The van der Waals surface area contributed by atoms with Crippen molar-refractivity contribution in [2.75, 3.05) is 31.2 Å². The lowest BCUT2D eigenvalue weighted by Gasteiger charge is -2.59. The van der Waals surface area contributed by atoms with E-state index in [1.165, 1.54) is 18.4 Å². The number of likely N-dealkylation sites (tertiary alicyclic amines) is 1. The average Bonchev–Trinajstić information content (AvgIpc) is 2.96. The van der Waals surface area contributed by atoms with Gasteiger partial charge in [0.05, 0.1) is 18.8 Å². The molecule has 2 bridgehead atoms. The van der Waals surface area contributed by atoms with Crippen molar-refractivity contribution in [1.82, 2.24) is 4.90 Å². The first-order chi connectivity index (χ1) is 19.0. The number of fused-ring (bicyclic) bond motifs is 3. The third-order valence-corrected chi connectivity index (χ3v) is 9.44. The maximum atomic E-state index is 13.5. The van der Waals surface area contributed by atoms with Gasteiger partial charge in [-0.2, -0.15) is 0 Å². The van der Waals surface area contributed by atoms with Crippen LogP contribution in [0.25, 0.3) is 0 Å². The number of carbonyl (C=O) groups excluding carboxylic acids is 2. The molecule has 0 N–H and O–H groups in total. The van der Waals surface area contributed by atoms with E-state index in [1.807, 2.05) is 40.1 Å². The molecule has 0 aromatic heterocycles. The number of nitrogens with zero attached hydrogens (tertiary/aromatic N) is 2. The summed E-state index contributed by atoms with van der Waals surface area (Å²) in [6.45, 7) is 6.35. The van der Waals surface area contributed by atoms with E-state index in [1.54, 1.807) is 6.92 Å². The molecular formula is C32H40N2O5. The van der Waals surface area contributed by atoms with Gasteiger partial charge in [0.1, 0.15) is 13.2 Å². The molecule has 2 aromatic carbocycles. The molecule has 0 radical (unpaired) electrons. The summed E-state index contributed by atoms with van der Waals surface area (Å²) in [5.74, 6) is 1.84. The van der Waals surface area contributed by atoms with E-state index < -0.39 is 0 Å². The molecule has 2 aliphatic heterocycles. The highest BCUT2D eigenvalue weighted by Gasteiger charge is 2.56. The number of ether oxygens (including phenoxy) is 3. The Balaban J connectivity index is 1.40. The lowest BCUT2D eigenvalue weighted by molar-refractivity contribution is -0.116. The van der Waals surface area contributed by atoms with Crippen molar-refractivity contribution in [3.05, 3.63) is 53.1 Å². The molecule has 2 aromatic rings. The van der Waals surface area contributed by atoms with E-state index in [2.05, 4.69) is 13.0 Å². The van der Waals surface area contributed by atoms with Crippen molar-refractivity contribution in [3.8, 4) is 11.5 Å². The van der Waals surface area contributed by atoms with Crippen LogP contribution in [0.3, 0.4) is 0 Å². The molecule has 0 spiro atoms. The fourth-order valence-corrected chi connectivity index (χ4v) is 7.64. The second kappa shape index (κ2) is 10.7. The van der Waals surface area contributed by atoms with Crippen LogP contribution in [-0.4, -0.2) is 49.2 Å². The zero-order valence-corrected chi connectivity index (χ0v) is 23.2. The number of amides is 2. The predicted octanol–water partition coefficient (Wildman–Crippen LogP) is 6.01. The summed E-state index contributed by atoms with van der Waals surface area (Å²) in [4.78, 5) is 30.3. The van der Waals surface area contributed by atoms with Crippen LogP contribution in [0.2, 0.25) is 0 Å². The van der Waals surface area contributed by atoms with Crippen LogP contribution in [0, 0.1) is 5.92 Å². The van der Waals surface area contributed by atoms with Gasteiger partial charge in [0.15, 0.2) is 11.5 Å². The highest BCUT2D eigenvalue weighted by molar-refractivity contribution is 5.96. The Morgan fingerprint density at radius 2 is 1.97 bits per heavy atom. The van der Waals surface area contributed by atoms with Crippen molar-refractivity contribution in [3.63, 3.8) is 0 Å². The van der Waals surface area contributed by atoms with Gasteiger partial charge in [-0.05, 0) is 60.8 Å². The van der Waals surface area contributed by atoms with Crippen LogP contribution in [0.5, 0.6) is 11.5 Å². The minimum Gasteiger partial charge on any atom is -0.490 e. The lowest BCUT2D eigenvalue weighted by Crippen LogP contribution is -2.62. The van der Waals surface area contributed by atoms with Gasteiger partial charge in [0, 0.05) is 24.9 Å². The van der Waals surface area contributed by atoms with E-state index in [-0.39, 0.29) is 30.1 Å². The van der Waals surface area contributed by atoms with Gasteiger partial charge in [0.2, 0.25) is 5.91 Å². The Morgan fingerprint density at radius 3 is 2.77 bits per heavy atom. The molecular weight excluding hydrogens is 492 g/mol. The Kier molecular flexibility index (Phi) is 7.17. The quantitative estimate of drug-likeness (QED) is 0.427. The van der Waals surface area contributed by atoms with E-state index in [0.29, 0.717) is 44.4 Å². The molecule has 39 heavy (non-hydrogen) atoms. The molecule has 0 unspecified atom stereocenters. The summed E-state index contributed by atoms with van der Waals surface area (Å²) in [6.07, 6.45) is 7.94. The van der Waals surface area contributed by atoms with Crippen LogP contribution >= 0.6 is 0 Å². The standard InChI is InChI=1S/C32H40N2O5/c1-3-4-17-37-28-20-26-24(29-30(28)38-18-16-33(29)22(2)35)19-27-25-12-8-9-13-32(25,26)14-15-34(27)31(36)39-21-23-10-6-5-7-11-23/h5-7,10-11,20,25,27H,3-4,8-9,12-19,21H2,1-2H3/t25-,27+,32+/m1/s1. The average molecular weight is 533 g/mol. The summed E-state index contributed by atoms with van der Waals surface area (Å²) in [5, 5.41) is 0. The Morgan fingerprint density at radius 1 is 1.13 bits per heavy atom. The molecule has 7 heteroatoms. The van der Waals surface area contributed by atoms with Crippen molar-refractivity contribution in [1.29, 1.82) is 0 Å². The smallest absolute Gasteiger partial charge is 0.410 e. The van der Waals surface area contributed by atoms with Gasteiger partial charge in [-0.1, -0.05) is 56.5 Å². The third kappa shape index (κ3) is 4.53. The van der Waals surface area contributed by atoms with Crippen molar-refractivity contribution >= 4 is 17.7 Å². The summed E-state index contributed by atoms with van der Waals surface area (Å²) in [5.41, 5.74) is 4.31. The van der Waals surface area contributed by atoms with Crippen LogP contribution in [0.1, 0.15) is 75.5 Å². The Hall–Kier alpha value is -3.22. The fourth-order valence-electron chi connectivity index (χ4n) is 7.64. The zero-order chi connectivity index (χ0) is 27.0. The molecule has 2 heterocycles. The van der Waals surface area contributed by atoms with E-state index in [9.17, 15) is 9.59 Å². The summed E-state index contributed by atoms with van der Waals surface area (Å²) < 4.78 is 18.4. The molecule has 7 nitrogen and oxygen atoms in total. The first-order valence-corrected chi connectivity index (χ1v) is 14.7. The highest BCUT2D eigenvalue weighted by Crippen LogP contribution is 2.60. The van der Waals surface area contributed by atoms with Gasteiger partial charge in [-0.3, -0.25) is 4.79 Å². The van der Waals surface area contributed by atoms with E-state index in [4.69, 9.17) is 14.2 Å². The molecule has 4 aliphatic rings. The molecule has 2 aliphatic carbocycles. The van der Waals surface area contributed by atoms with Crippen molar-refractivity contribution in [2.24, 2.45) is 5.92 Å². The number of piperidine rings is 1. The number of unbranched alkanes of at least 4 members (excludes halogenated alkanes) is 1. The number of hydrogen-bond donors (Lipinski definition) is 0. The lowest BCUT2D eigenvalue weighted by atomic mass is 9.52. The van der Waals surface area contributed by atoms with E-state index in [0.717, 1.165) is 54.7 Å². The van der Waals surface area contributed by atoms with Gasteiger partial charge in [-0.15, -0.1) is 0 Å². The summed E-state index contributed by atoms with van der Waals surface area (Å²) in [6, 6.07) is 12.1. The Bertz CT molecular complexity index is 1230. The summed E-state index contributed by atoms with van der Waals surface area (Å²) >= 11 is 0. The first-order valence-electron chi connectivity index (χ1n) is 14.7. The number of benzene rings is 2. The minimum atomic E-state index is -0.237. The van der Waals surface area contributed by atoms with Gasteiger partial charge in [0.25, 0.3) is 0 Å². The monoisotopic (exact) mass is 532 g/mol. The number of anilines is 1. The molecule has 1 saturated heterocycles. The molecule has 3 atom stereocenters. The largest absolute Gasteiger partial charge is 0.490 e. The van der Waals surface area contributed by atoms with Gasteiger partial charge < -0.3 is 24.0 Å². The summed E-state index contributed by atoms with van der Waals surface area (Å²) in [7, 11) is 0. The normalized spacial score (nSPS) is 25.1. The molecule has 6 rings (SSSR count). The molecule has 2 fully saturated rings. The fraction of sp³-hybridized carbons (Fsp3) is 0.562. The number of rotatable bonds is 6. The molecule has 1 saturated carbocycles. The Labute approximate surface area is 231 Å². The van der Waals surface area contributed by atoms with Crippen molar-refractivity contribution < 1.29 is 23.8 Å². The van der Waals surface area contributed by atoms with Crippen LogP contribution in [0.15, 0.2) is 36.4 Å². The number of carbonyl (C=O) groups is 2. The van der Waals surface area contributed by atoms with Crippen LogP contribution in [0.4, 0.5) is 10.5 Å². The second-order valence-electron chi connectivity index (χ2n) is 11.6. The SMILES string of the molecule is CCCCOc1cc2c(c3c1OCCN3C(C)=O)C[C@H]1[C@H]3CCCC[C@@]23CCN1C(=O)OCc1ccccc1. The maximum Gasteiger partial charge on any atom is 0.410 e. The number of hydrogen-bond acceptors (Lipinski definition) is 5. The zero-order valence-electron chi connectivity index (χ0n) is 23.2. The van der Waals surface area contributed by atoms with Crippen molar-refractivity contribution in [2.45, 2.75) is 83.3 Å². The second-order valence-corrected chi connectivity index (χ2v) is 11.6. The highest BCUT2D eigenvalue weighted by atomic mass is 16.6.